The van der Waals surface area contributed by atoms with Crippen molar-refractivity contribution in [2.24, 2.45) is 0 Å². The highest BCUT2D eigenvalue weighted by Crippen LogP contribution is 2.33. The van der Waals surface area contributed by atoms with Crippen LogP contribution in [-0.4, -0.2) is 46.1 Å². The Kier molecular flexibility index (Phi) is 4.29. The molecule has 1 atom stereocenters. The number of carbonyl (C=O) groups is 1. The van der Waals surface area contributed by atoms with Crippen LogP contribution >= 0.6 is 0 Å². The molecule has 9 heteroatoms. The van der Waals surface area contributed by atoms with E-state index in [0.29, 0.717) is 28.9 Å². The van der Waals surface area contributed by atoms with Crippen molar-refractivity contribution in [3.05, 3.63) is 30.0 Å². The number of anilines is 3. The summed E-state index contributed by atoms with van der Waals surface area (Å²) in [6.45, 7) is 3.68. The molecule has 3 heterocycles. The van der Waals surface area contributed by atoms with Gasteiger partial charge in [0.15, 0.2) is 5.82 Å². The lowest BCUT2D eigenvalue weighted by molar-refractivity contribution is -0.117. The molecule has 2 N–H and O–H groups in total. The topological polar surface area (TPSA) is 92.3 Å². The molecule has 1 saturated carbocycles. The SMILES string of the molecule is Cc1nc(NC2CC(Oc3cncc(F)c3)C2)nc2c1NC(=O)[C@H](C)N2C. The molecule has 8 nitrogen and oxygen atoms in total. The van der Waals surface area contributed by atoms with Gasteiger partial charge in [-0.2, -0.15) is 4.98 Å². The van der Waals surface area contributed by atoms with Crippen LogP contribution in [0.5, 0.6) is 5.75 Å². The molecule has 0 saturated heterocycles. The van der Waals surface area contributed by atoms with Crippen LogP contribution in [0.2, 0.25) is 0 Å². The van der Waals surface area contributed by atoms with Gasteiger partial charge >= 0.3 is 0 Å². The van der Waals surface area contributed by atoms with Gasteiger partial charge in [-0.05, 0) is 13.8 Å². The summed E-state index contributed by atoms with van der Waals surface area (Å²) in [5.41, 5.74) is 1.37. The zero-order valence-electron chi connectivity index (χ0n) is 15.4. The highest BCUT2D eigenvalue weighted by Gasteiger charge is 2.33. The van der Waals surface area contributed by atoms with Crippen LogP contribution in [0.1, 0.15) is 25.5 Å². The number of fused-ring (bicyclic) bond motifs is 1. The Hall–Kier alpha value is -2.97. The maximum Gasteiger partial charge on any atom is 0.246 e. The number of halogens is 1. The normalized spacial score (nSPS) is 23.9. The molecule has 142 valence electrons. The number of pyridine rings is 1. The van der Waals surface area contributed by atoms with Gasteiger partial charge in [-0.3, -0.25) is 9.78 Å². The van der Waals surface area contributed by atoms with E-state index in [2.05, 4.69) is 25.6 Å². The van der Waals surface area contributed by atoms with Gasteiger partial charge < -0.3 is 20.3 Å². The molecule has 1 amide bonds. The van der Waals surface area contributed by atoms with E-state index in [1.165, 1.54) is 12.3 Å². The van der Waals surface area contributed by atoms with E-state index < -0.39 is 5.82 Å². The Morgan fingerprint density at radius 1 is 1.33 bits per heavy atom. The minimum absolute atomic E-state index is 0.00630. The van der Waals surface area contributed by atoms with Crippen molar-refractivity contribution in [1.82, 2.24) is 15.0 Å². The summed E-state index contributed by atoms with van der Waals surface area (Å²) in [6, 6.07) is 1.21. The first-order chi connectivity index (χ1) is 12.9. The molecule has 1 aliphatic heterocycles. The zero-order chi connectivity index (χ0) is 19.1. The summed E-state index contributed by atoms with van der Waals surface area (Å²) >= 11 is 0. The summed E-state index contributed by atoms with van der Waals surface area (Å²) < 4.78 is 18.9. The molecule has 0 unspecified atom stereocenters. The molecule has 0 aromatic carbocycles. The van der Waals surface area contributed by atoms with Gasteiger partial charge in [0.05, 0.1) is 18.1 Å². The van der Waals surface area contributed by atoms with Crippen molar-refractivity contribution >= 4 is 23.4 Å². The number of amides is 1. The third-order valence-corrected chi connectivity index (χ3v) is 5.02. The number of hydrogen-bond donors (Lipinski definition) is 2. The van der Waals surface area contributed by atoms with E-state index in [0.717, 1.165) is 19.0 Å². The first kappa shape index (κ1) is 17.4. The zero-order valence-corrected chi connectivity index (χ0v) is 15.4. The minimum atomic E-state index is -0.412. The Bertz CT molecular complexity index is 886. The smallest absolute Gasteiger partial charge is 0.246 e. The second-order valence-corrected chi connectivity index (χ2v) is 7.00. The third kappa shape index (κ3) is 3.36. The predicted octanol–water partition coefficient (Wildman–Crippen LogP) is 2.12. The van der Waals surface area contributed by atoms with Crippen LogP contribution in [0.25, 0.3) is 0 Å². The van der Waals surface area contributed by atoms with Gasteiger partial charge in [0.2, 0.25) is 11.9 Å². The van der Waals surface area contributed by atoms with E-state index in [9.17, 15) is 9.18 Å². The van der Waals surface area contributed by atoms with Gasteiger partial charge in [0, 0.05) is 32.0 Å². The molecule has 4 rings (SSSR count). The van der Waals surface area contributed by atoms with Gasteiger partial charge in [-0.15, -0.1) is 0 Å². The van der Waals surface area contributed by atoms with E-state index >= 15 is 0 Å². The quantitative estimate of drug-likeness (QED) is 0.849. The Morgan fingerprint density at radius 3 is 2.85 bits per heavy atom. The molecule has 0 spiro atoms. The maximum atomic E-state index is 13.2. The van der Waals surface area contributed by atoms with Gasteiger partial charge in [-0.1, -0.05) is 0 Å². The minimum Gasteiger partial charge on any atom is -0.489 e. The van der Waals surface area contributed by atoms with Crippen molar-refractivity contribution < 1.29 is 13.9 Å². The third-order valence-electron chi connectivity index (χ3n) is 5.02. The fourth-order valence-electron chi connectivity index (χ4n) is 3.22. The molecule has 2 aliphatic rings. The number of nitrogens with zero attached hydrogens (tertiary/aromatic N) is 4. The standard InChI is InChI=1S/C18H21FN6O2/c1-9-15-16(25(3)10(2)17(26)23-15)24-18(21-9)22-12-5-13(6-12)27-14-4-11(19)7-20-8-14/h4,7-8,10,12-13H,5-6H2,1-3H3,(H,23,26)(H,21,22,24)/t10-,12?,13?/m0/s1. The van der Waals surface area contributed by atoms with Crippen LogP contribution in [0.15, 0.2) is 18.5 Å². The second-order valence-electron chi connectivity index (χ2n) is 7.00. The average molecular weight is 372 g/mol. The number of aryl methyl sites for hydroxylation is 1. The monoisotopic (exact) mass is 372 g/mol. The van der Waals surface area contributed by atoms with Crippen LogP contribution in [-0.2, 0) is 4.79 Å². The first-order valence-electron chi connectivity index (χ1n) is 8.87. The van der Waals surface area contributed by atoms with Crippen molar-refractivity contribution in [3.63, 3.8) is 0 Å². The number of rotatable bonds is 4. The molecule has 1 aliphatic carbocycles. The van der Waals surface area contributed by atoms with Crippen LogP contribution in [0.4, 0.5) is 21.8 Å². The van der Waals surface area contributed by atoms with Crippen molar-refractivity contribution in [1.29, 1.82) is 0 Å². The van der Waals surface area contributed by atoms with Crippen LogP contribution in [0.3, 0.4) is 0 Å². The lowest BCUT2D eigenvalue weighted by Gasteiger charge is -2.36. The average Bonchev–Trinajstić information content (AvgIpc) is 2.59. The number of ether oxygens (including phenoxy) is 1. The molecule has 2 aromatic rings. The Balaban J connectivity index is 1.40. The lowest BCUT2D eigenvalue weighted by atomic mass is 9.89. The Morgan fingerprint density at radius 2 is 2.11 bits per heavy atom. The molecular formula is C18H21FN6O2. The number of carbonyl (C=O) groups excluding carboxylic acids is 1. The van der Waals surface area contributed by atoms with E-state index in [-0.39, 0.29) is 24.1 Å². The van der Waals surface area contributed by atoms with Gasteiger partial charge in [-0.25, -0.2) is 9.37 Å². The lowest BCUT2D eigenvalue weighted by Crippen LogP contribution is -2.45. The number of nitrogens with one attached hydrogen (secondary N) is 2. The van der Waals surface area contributed by atoms with Crippen molar-refractivity contribution in [2.45, 2.75) is 44.9 Å². The van der Waals surface area contributed by atoms with E-state index in [1.54, 1.807) is 0 Å². The van der Waals surface area contributed by atoms with Crippen LogP contribution < -0.4 is 20.3 Å². The summed E-state index contributed by atoms with van der Waals surface area (Å²) in [7, 11) is 1.85. The molecular weight excluding hydrogens is 351 g/mol. The van der Waals surface area contributed by atoms with E-state index in [4.69, 9.17) is 4.74 Å². The summed E-state index contributed by atoms with van der Waals surface area (Å²) in [6.07, 6.45) is 4.18. The fourth-order valence-corrected chi connectivity index (χ4v) is 3.22. The largest absolute Gasteiger partial charge is 0.489 e. The molecule has 0 bridgehead atoms. The molecule has 2 aromatic heterocycles. The number of likely N-dealkylation sites (N-methyl/N-ethyl adjacent to an activating group) is 1. The van der Waals surface area contributed by atoms with Crippen molar-refractivity contribution in [2.75, 3.05) is 22.6 Å². The van der Waals surface area contributed by atoms with Crippen LogP contribution in [0, 0.1) is 12.7 Å². The van der Waals surface area contributed by atoms with Crippen molar-refractivity contribution in [3.8, 4) is 5.75 Å². The number of hydrogen-bond acceptors (Lipinski definition) is 7. The molecule has 27 heavy (non-hydrogen) atoms. The van der Waals surface area contributed by atoms with E-state index in [1.807, 2.05) is 25.8 Å². The van der Waals surface area contributed by atoms with Gasteiger partial charge in [0.25, 0.3) is 0 Å². The van der Waals surface area contributed by atoms with Gasteiger partial charge in [0.1, 0.15) is 29.4 Å². The Labute approximate surface area is 156 Å². The first-order valence-corrected chi connectivity index (χ1v) is 8.87. The second kappa shape index (κ2) is 6.64. The molecule has 1 fully saturated rings. The highest BCUT2D eigenvalue weighted by atomic mass is 19.1. The highest BCUT2D eigenvalue weighted by molar-refractivity contribution is 6.03. The molecule has 0 radical (unpaired) electrons. The number of aromatic nitrogens is 3. The fraction of sp³-hybridized carbons (Fsp3) is 0.444. The summed E-state index contributed by atoms with van der Waals surface area (Å²) in [5.74, 6) is 1.19. The summed E-state index contributed by atoms with van der Waals surface area (Å²) in [5, 5.41) is 6.18. The summed E-state index contributed by atoms with van der Waals surface area (Å²) in [4.78, 5) is 26.6. The predicted molar refractivity (Wildman–Crippen MR) is 98.5 cm³/mol. The maximum absolute atomic E-state index is 13.2.